The molecule has 1 atom stereocenters. The average molecular weight is 386 g/mol. The van der Waals surface area contributed by atoms with Crippen LogP contribution in [0.4, 0.5) is 11.4 Å². The van der Waals surface area contributed by atoms with Gasteiger partial charge in [-0.2, -0.15) is 5.26 Å². The Balaban J connectivity index is 1.83. The van der Waals surface area contributed by atoms with Crippen LogP contribution < -0.4 is 10.6 Å². The summed E-state index contributed by atoms with van der Waals surface area (Å²) >= 11 is 1.75. The highest BCUT2D eigenvalue weighted by atomic mass is 32.2. The number of benzene rings is 3. The molecule has 0 unspecified atom stereocenters. The molecule has 2 N–H and O–H groups in total. The Morgan fingerprint density at radius 1 is 0.964 bits per heavy atom. The number of rotatable bonds is 5. The molecule has 0 bridgehead atoms. The van der Waals surface area contributed by atoms with Crippen LogP contribution in [-0.2, 0) is 5.54 Å². The molecular weight excluding hydrogens is 362 g/mol. The third kappa shape index (κ3) is 3.40. The average Bonchev–Trinajstić information content (AvgIpc) is 2.74. The lowest BCUT2D eigenvalue weighted by atomic mass is 9.85. The lowest BCUT2D eigenvalue weighted by Gasteiger charge is -2.40. The van der Waals surface area contributed by atoms with Gasteiger partial charge in [0.2, 0.25) is 0 Å². The molecule has 0 fully saturated rings. The second kappa shape index (κ2) is 7.71. The normalized spacial score (nSPS) is 14.5. The second-order valence-electron chi connectivity index (χ2n) is 7.22. The molecule has 0 saturated heterocycles. The highest BCUT2D eigenvalue weighted by molar-refractivity contribution is 7.99. The van der Waals surface area contributed by atoms with Gasteiger partial charge >= 0.3 is 0 Å². The van der Waals surface area contributed by atoms with Crippen molar-refractivity contribution in [3.63, 3.8) is 0 Å². The van der Waals surface area contributed by atoms with Crippen molar-refractivity contribution in [1.29, 1.82) is 5.26 Å². The topological polar surface area (TPSA) is 53.0 Å². The van der Waals surface area contributed by atoms with Gasteiger partial charge in [0.05, 0.1) is 28.5 Å². The summed E-state index contributed by atoms with van der Waals surface area (Å²) in [7, 11) is 0. The van der Waals surface area contributed by atoms with E-state index in [1.54, 1.807) is 11.8 Å². The highest BCUT2D eigenvalue weighted by Crippen LogP contribution is 2.49. The smallest absolute Gasteiger partial charge is 0.0992 e. The maximum Gasteiger partial charge on any atom is 0.0992 e. The van der Waals surface area contributed by atoms with E-state index in [0.29, 0.717) is 12.1 Å². The fraction of sp³-hybridized carbons (Fsp3) is 0.208. The minimum Gasteiger partial charge on any atom is -0.337 e. The van der Waals surface area contributed by atoms with Gasteiger partial charge < -0.3 is 10.6 Å². The van der Waals surface area contributed by atoms with Crippen molar-refractivity contribution in [2.75, 3.05) is 11.4 Å². The Hall–Kier alpha value is -2.74. The van der Waals surface area contributed by atoms with E-state index < -0.39 is 5.54 Å². The molecule has 1 aliphatic heterocycles. The zero-order valence-corrected chi connectivity index (χ0v) is 16.7. The SMILES string of the molecule is CCC[C@](N)(CN1c2ccccc2Sc2ccc(C#N)cc21)c1ccccc1. The van der Waals surface area contributed by atoms with Crippen LogP contribution in [-0.4, -0.2) is 6.54 Å². The van der Waals surface area contributed by atoms with E-state index in [1.165, 1.54) is 4.90 Å². The van der Waals surface area contributed by atoms with Gasteiger partial charge in [-0.25, -0.2) is 0 Å². The van der Waals surface area contributed by atoms with Crippen LogP contribution in [0.3, 0.4) is 0 Å². The Morgan fingerprint density at radius 3 is 2.43 bits per heavy atom. The summed E-state index contributed by atoms with van der Waals surface area (Å²) in [5, 5.41) is 9.42. The highest BCUT2D eigenvalue weighted by Gasteiger charge is 2.33. The fourth-order valence-corrected chi connectivity index (χ4v) is 4.96. The van der Waals surface area contributed by atoms with Crippen LogP contribution in [0, 0.1) is 11.3 Å². The van der Waals surface area contributed by atoms with E-state index in [2.05, 4.69) is 54.3 Å². The van der Waals surface area contributed by atoms with Crippen molar-refractivity contribution in [1.82, 2.24) is 0 Å². The molecule has 0 aliphatic carbocycles. The van der Waals surface area contributed by atoms with Gasteiger partial charge in [-0.15, -0.1) is 0 Å². The molecule has 0 radical (unpaired) electrons. The van der Waals surface area contributed by atoms with Gasteiger partial charge in [-0.1, -0.05) is 67.6 Å². The van der Waals surface area contributed by atoms with Crippen molar-refractivity contribution >= 4 is 23.1 Å². The molecule has 0 aromatic heterocycles. The largest absolute Gasteiger partial charge is 0.337 e. The first-order chi connectivity index (χ1) is 13.6. The Morgan fingerprint density at radius 2 is 1.68 bits per heavy atom. The first-order valence-electron chi connectivity index (χ1n) is 9.57. The van der Waals surface area contributed by atoms with E-state index >= 15 is 0 Å². The lowest BCUT2D eigenvalue weighted by molar-refractivity contribution is 0.411. The molecule has 1 aliphatic rings. The molecule has 1 heterocycles. The molecule has 3 aromatic rings. The summed E-state index contributed by atoms with van der Waals surface area (Å²) in [5.41, 5.74) is 10.6. The van der Waals surface area contributed by atoms with E-state index in [9.17, 15) is 5.26 Å². The first kappa shape index (κ1) is 18.6. The van der Waals surface area contributed by atoms with Gasteiger partial charge in [-0.05, 0) is 42.3 Å². The third-order valence-electron chi connectivity index (χ3n) is 5.24. The number of nitrogens with two attached hydrogens (primary N) is 1. The third-order valence-corrected chi connectivity index (χ3v) is 6.37. The van der Waals surface area contributed by atoms with Crippen molar-refractivity contribution in [3.05, 3.63) is 83.9 Å². The van der Waals surface area contributed by atoms with Crippen molar-refractivity contribution in [3.8, 4) is 6.07 Å². The molecule has 140 valence electrons. The number of hydrogen-bond acceptors (Lipinski definition) is 4. The molecule has 0 amide bonds. The van der Waals surface area contributed by atoms with Crippen LogP contribution in [0.15, 0.2) is 82.6 Å². The number of para-hydroxylation sites is 1. The zero-order chi connectivity index (χ0) is 19.6. The van der Waals surface area contributed by atoms with Gasteiger partial charge in [0.25, 0.3) is 0 Å². The van der Waals surface area contributed by atoms with E-state index in [1.807, 2.05) is 36.4 Å². The lowest BCUT2D eigenvalue weighted by Crippen LogP contribution is -2.47. The Bertz CT molecular complexity index is 1030. The number of anilines is 2. The predicted octanol–water partition coefficient (Wildman–Crippen LogP) is 5.82. The molecule has 28 heavy (non-hydrogen) atoms. The van der Waals surface area contributed by atoms with Gasteiger partial charge in [-0.3, -0.25) is 0 Å². The van der Waals surface area contributed by atoms with Gasteiger partial charge in [0, 0.05) is 16.3 Å². The van der Waals surface area contributed by atoms with E-state index in [0.717, 1.165) is 34.7 Å². The first-order valence-corrected chi connectivity index (χ1v) is 10.4. The van der Waals surface area contributed by atoms with Crippen molar-refractivity contribution in [2.24, 2.45) is 5.73 Å². The summed E-state index contributed by atoms with van der Waals surface area (Å²) in [6.07, 6.45) is 1.89. The van der Waals surface area contributed by atoms with Crippen LogP contribution in [0.5, 0.6) is 0 Å². The monoisotopic (exact) mass is 385 g/mol. The van der Waals surface area contributed by atoms with Crippen LogP contribution in [0.2, 0.25) is 0 Å². The number of hydrogen-bond donors (Lipinski definition) is 1. The molecular formula is C24H23N3S. The van der Waals surface area contributed by atoms with Gasteiger partial charge in [0.15, 0.2) is 0 Å². The number of nitrogens with zero attached hydrogens (tertiary/aromatic N) is 2. The zero-order valence-electron chi connectivity index (χ0n) is 15.9. The predicted molar refractivity (Wildman–Crippen MR) is 116 cm³/mol. The summed E-state index contributed by atoms with van der Waals surface area (Å²) in [6.45, 7) is 2.83. The molecule has 4 rings (SSSR count). The van der Waals surface area contributed by atoms with Crippen LogP contribution in [0.1, 0.15) is 30.9 Å². The van der Waals surface area contributed by atoms with E-state index in [4.69, 9.17) is 5.73 Å². The summed E-state index contributed by atoms with van der Waals surface area (Å²) in [4.78, 5) is 4.67. The summed E-state index contributed by atoms with van der Waals surface area (Å²) in [5.74, 6) is 0. The van der Waals surface area contributed by atoms with Gasteiger partial charge in [0.1, 0.15) is 0 Å². The Labute approximate surface area is 170 Å². The van der Waals surface area contributed by atoms with Crippen LogP contribution in [0.25, 0.3) is 0 Å². The van der Waals surface area contributed by atoms with Crippen molar-refractivity contribution in [2.45, 2.75) is 35.1 Å². The van der Waals surface area contributed by atoms with Crippen LogP contribution >= 0.6 is 11.8 Å². The maximum atomic E-state index is 9.42. The number of fused-ring (bicyclic) bond motifs is 2. The minimum absolute atomic E-state index is 0.481. The molecule has 3 aromatic carbocycles. The molecule has 0 spiro atoms. The molecule has 3 nitrogen and oxygen atoms in total. The number of nitriles is 1. The maximum absolute atomic E-state index is 9.42. The quantitative estimate of drug-likeness (QED) is 0.602. The van der Waals surface area contributed by atoms with E-state index in [-0.39, 0.29) is 0 Å². The standard InChI is InChI=1S/C24H23N3S/c1-2-14-24(26,19-8-4-3-5-9-19)17-27-20-10-6-7-11-22(20)28-23-13-12-18(16-25)15-21(23)27/h3-13,15H,2,14,17,26H2,1H3/t24-/m0/s1. The van der Waals surface area contributed by atoms with Crippen molar-refractivity contribution < 1.29 is 0 Å². The summed E-state index contributed by atoms with van der Waals surface area (Å²) < 4.78 is 0. The molecule has 0 saturated carbocycles. The Kier molecular flexibility index (Phi) is 5.13. The summed E-state index contributed by atoms with van der Waals surface area (Å²) in [6, 6.07) is 27.0. The molecule has 4 heteroatoms. The minimum atomic E-state index is -0.481. The second-order valence-corrected chi connectivity index (χ2v) is 8.31. The fourth-order valence-electron chi connectivity index (χ4n) is 3.88.